The monoisotopic (exact) mass is 286 g/mol. The number of carboxylic acids is 1. The summed E-state index contributed by atoms with van der Waals surface area (Å²) in [5, 5.41) is 12.4. The van der Waals surface area contributed by atoms with Gasteiger partial charge in [-0.15, -0.1) is 0 Å². The molecule has 0 aromatic heterocycles. The highest BCUT2D eigenvalue weighted by molar-refractivity contribution is 5.73. The van der Waals surface area contributed by atoms with Crippen molar-refractivity contribution < 1.29 is 19.4 Å². The molecule has 20 heavy (non-hydrogen) atoms. The van der Waals surface area contributed by atoms with Gasteiger partial charge in [-0.1, -0.05) is 13.8 Å². The van der Waals surface area contributed by atoms with Crippen LogP contribution in [-0.4, -0.2) is 53.8 Å². The van der Waals surface area contributed by atoms with Crippen LogP contribution in [0.5, 0.6) is 0 Å². The third-order valence-electron chi connectivity index (χ3n) is 3.46. The number of hydrogen-bond acceptors (Lipinski definition) is 4. The fraction of sp³-hybridized carbons (Fsp3) is 0.857. The van der Waals surface area contributed by atoms with E-state index >= 15 is 0 Å². The van der Waals surface area contributed by atoms with Gasteiger partial charge in [-0.25, -0.2) is 4.79 Å². The van der Waals surface area contributed by atoms with Crippen molar-refractivity contribution in [1.29, 1.82) is 0 Å². The van der Waals surface area contributed by atoms with E-state index in [9.17, 15) is 14.7 Å². The van der Waals surface area contributed by atoms with E-state index in [-0.39, 0.29) is 12.1 Å². The van der Waals surface area contributed by atoms with Crippen LogP contribution < -0.4 is 5.32 Å². The number of rotatable bonds is 6. The van der Waals surface area contributed by atoms with Gasteiger partial charge in [0.25, 0.3) is 0 Å². The zero-order valence-corrected chi connectivity index (χ0v) is 12.6. The molecule has 1 aliphatic rings. The average molecular weight is 286 g/mol. The van der Waals surface area contributed by atoms with Crippen molar-refractivity contribution >= 4 is 12.1 Å². The van der Waals surface area contributed by atoms with Crippen LogP contribution in [0.2, 0.25) is 0 Å². The van der Waals surface area contributed by atoms with Gasteiger partial charge in [-0.2, -0.15) is 0 Å². The first-order valence-electron chi connectivity index (χ1n) is 7.34. The van der Waals surface area contributed by atoms with E-state index in [2.05, 4.69) is 5.32 Å². The van der Waals surface area contributed by atoms with Gasteiger partial charge in [0.15, 0.2) is 0 Å². The van der Waals surface area contributed by atoms with E-state index in [0.717, 1.165) is 12.8 Å². The number of aliphatic carboxylic acids is 1. The highest BCUT2D eigenvalue weighted by atomic mass is 16.6. The number of hydrogen-bond donors (Lipinski definition) is 2. The molecule has 6 heteroatoms. The molecule has 0 saturated carbocycles. The highest BCUT2D eigenvalue weighted by Gasteiger charge is 2.27. The Morgan fingerprint density at radius 1 is 1.35 bits per heavy atom. The SMILES string of the molecule is CCOC(=O)N1CCC(NC(CC(C)C)C(=O)O)CC1. The molecule has 1 saturated heterocycles. The van der Waals surface area contributed by atoms with E-state index in [1.165, 1.54) is 0 Å². The predicted octanol–water partition coefficient (Wildman–Crippen LogP) is 1.70. The van der Waals surface area contributed by atoms with Gasteiger partial charge >= 0.3 is 12.1 Å². The van der Waals surface area contributed by atoms with Crippen LogP contribution in [0.15, 0.2) is 0 Å². The van der Waals surface area contributed by atoms with Gasteiger partial charge in [0.2, 0.25) is 0 Å². The zero-order valence-electron chi connectivity index (χ0n) is 12.6. The van der Waals surface area contributed by atoms with Gasteiger partial charge in [0.1, 0.15) is 6.04 Å². The molecule has 0 aliphatic carbocycles. The van der Waals surface area contributed by atoms with Gasteiger partial charge < -0.3 is 20.1 Å². The van der Waals surface area contributed by atoms with Crippen LogP contribution in [0, 0.1) is 5.92 Å². The first kappa shape index (κ1) is 16.8. The number of carbonyl (C=O) groups is 2. The topological polar surface area (TPSA) is 78.9 Å². The van der Waals surface area contributed by atoms with Crippen LogP contribution in [0.1, 0.15) is 40.0 Å². The second kappa shape index (κ2) is 8.09. The minimum atomic E-state index is -0.800. The van der Waals surface area contributed by atoms with Gasteiger partial charge in [-0.05, 0) is 32.1 Å². The van der Waals surface area contributed by atoms with Crippen molar-refractivity contribution in [1.82, 2.24) is 10.2 Å². The maximum atomic E-state index is 11.6. The molecule has 1 aliphatic heterocycles. The second-order valence-corrected chi connectivity index (χ2v) is 5.65. The fourth-order valence-corrected chi connectivity index (χ4v) is 2.44. The Labute approximate surface area is 120 Å². The summed E-state index contributed by atoms with van der Waals surface area (Å²) in [6, 6.07) is -0.352. The lowest BCUT2D eigenvalue weighted by Crippen LogP contribution is -2.50. The molecule has 0 bridgehead atoms. The standard InChI is InChI=1S/C14H26N2O4/c1-4-20-14(19)16-7-5-11(6-8-16)15-12(13(17)18)9-10(2)3/h10-12,15H,4-9H2,1-3H3,(H,17,18). The fourth-order valence-electron chi connectivity index (χ4n) is 2.44. The number of likely N-dealkylation sites (tertiary alicyclic amines) is 1. The Bertz CT molecular complexity index is 325. The van der Waals surface area contributed by atoms with Crippen molar-refractivity contribution in [3.05, 3.63) is 0 Å². The van der Waals surface area contributed by atoms with Crippen LogP contribution in [0.4, 0.5) is 4.79 Å². The first-order chi connectivity index (χ1) is 9.43. The Morgan fingerprint density at radius 2 is 1.95 bits per heavy atom. The molecular weight excluding hydrogens is 260 g/mol. The van der Waals surface area contributed by atoms with Crippen LogP contribution in [-0.2, 0) is 9.53 Å². The van der Waals surface area contributed by atoms with Crippen LogP contribution >= 0.6 is 0 Å². The molecular formula is C14H26N2O4. The molecule has 1 heterocycles. The van der Waals surface area contributed by atoms with Crippen molar-refractivity contribution in [3.63, 3.8) is 0 Å². The number of nitrogens with one attached hydrogen (secondary N) is 1. The Balaban J connectivity index is 2.40. The largest absolute Gasteiger partial charge is 0.480 e. The van der Waals surface area contributed by atoms with Gasteiger partial charge in [0, 0.05) is 19.1 Å². The second-order valence-electron chi connectivity index (χ2n) is 5.65. The first-order valence-corrected chi connectivity index (χ1v) is 7.34. The molecule has 1 fully saturated rings. The lowest BCUT2D eigenvalue weighted by Gasteiger charge is -2.33. The number of carbonyl (C=O) groups excluding carboxylic acids is 1. The minimum absolute atomic E-state index is 0.153. The van der Waals surface area contributed by atoms with Gasteiger partial charge in [0.05, 0.1) is 6.61 Å². The number of piperidine rings is 1. The molecule has 1 amide bonds. The maximum absolute atomic E-state index is 11.6. The zero-order chi connectivity index (χ0) is 15.1. The summed E-state index contributed by atoms with van der Waals surface area (Å²) < 4.78 is 4.96. The Morgan fingerprint density at radius 3 is 2.40 bits per heavy atom. The lowest BCUT2D eigenvalue weighted by atomic mass is 9.99. The molecule has 2 N–H and O–H groups in total. The molecule has 1 atom stereocenters. The van der Waals surface area contributed by atoms with Crippen molar-refractivity contribution in [2.24, 2.45) is 5.92 Å². The summed E-state index contributed by atoms with van der Waals surface area (Å²) in [5.74, 6) is -0.463. The molecule has 0 aromatic carbocycles. The molecule has 0 spiro atoms. The summed E-state index contributed by atoms with van der Waals surface area (Å²) >= 11 is 0. The van der Waals surface area contributed by atoms with E-state index < -0.39 is 12.0 Å². The molecule has 6 nitrogen and oxygen atoms in total. The van der Waals surface area contributed by atoms with E-state index in [4.69, 9.17) is 4.74 Å². The highest BCUT2D eigenvalue weighted by Crippen LogP contribution is 2.14. The number of nitrogens with zero attached hydrogens (tertiary/aromatic N) is 1. The number of carboxylic acid groups (broad SMARTS) is 1. The van der Waals surface area contributed by atoms with E-state index in [0.29, 0.717) is 32.0 Å². The average Bonchev–Trinajstić information content (AvgIpc) is 2.38. The summed E-state index contributed by atoms with van der Waals surface area (Å²) in [6.45, 7) is 7.43. The molecule has 0 radical (unpaired) electrons. The third kappa shape index (κ3) is 5.36. The molecule has 0 aromatic rings. The van der Waals surface area contributed by atoms with Crippen LogP contribution in [0.25, 0.3) is 0 Å². The number of ether oxygens (including phenoxy) is 1. The predicted molar refractivity (Wildman–Crippen MR) is 75.6 cm³/mol. The normalized spacial score (nSPS) is 18.1. The Kier molecular flexibility index (Phi) is 6.78. The van der Waals surface area contributed by atoms with Crippen LogP contribution in [0.3, 0.4) is 0 Å². The summed E-state index contributed by atoms with van der Waals surface area (Å²) in [4.78, 5) is 24.5. The summed E-state index contributed by atoms with van der Waals surface area (Å²) in [6.07, 6.45) is 1.87. The van der Waals surface area contributed by atoms with Gasteiger partial charge in [-0.3, -0.25) is 4.79 Å². The van der Waals surface area contributed by atoms with E-state index in [1.54, 1.807) is 11.8 Å². The summed E-state index contributed by atoms with van der Waals surface area (Å²) in [5.41, 5.74) is 0. The van der Waals surface area contributed by atoms with E-state index in [1.807, 2.05) is 13.8 Å². The lowest BCUT2D eigenvalue weighted by molar-refractivity contribution is -0.140. The summed E-state index contributed by atoms with van der Waals surface area (Å²) in [7, 11) is 0. The molecule has 1 unspecified atom stereocenters. The Hall–Kier alpha value is -1.30. The maximum Gasteiger partial charge on any atom is 0.409 e. The van der Waals surface area contributed by atoms with Crippen molar-refractivity contribution in [2.75, 3.05) is 19.7 Å². The third-order valence-corrected chi connectivity index (χ3v) is 3.46. The molecule has 116 valence electrons. The number of amides is 1. The minimum Gasteiger partial charge on any atom is -0.480 e. The van der Waals surface area contributed by atoms with Crippen molar-refractivity contribution in [3.8, 4) is 0 Å². The smallest absolute Gasteiger partial charge is 0.409 e. The van der Waals surface area contributed by atoms with Crippen molar-refractivity contribution in [2.45, 2.75) is 52.1 Å². The quantitative estimate of drug-likeness (QED) is 0.777. The molecule has 1 rings (SSSR count).